The Morgan fingerprint density at radius 2 is 1.93 bits per heavy atom. The molecule has 10 heteroatoms. The van der Waals surface area contributed by atoms with Crippen LogP contribution >= 0.6 is 11.8 Å². The lowest BCUT2D eigenvalue weighted by atomic mass is 10.2. The van der Waals surface area contributed by atoms with Crippen LogP contribution in [0.25, 0.3) is 16.6 Å². The Bertz CT molecular complexity index is 1170. The molecule has 0 bridgehead atoms. The van der Waals surface area contributed by atoms with Crippen molar-refractivity contribution < 1.29 is 14.6 Å². The number of aliphatic hydroxyl groups excluding tert-OH is 1. The monoisotopic (exact) mass is 422 g/mol. The van der Waals surface area contributed by atoms with Crippen LogP contribution in [-0.2, 0) is 16.1 Å². The molecule has 0 saturated carbocycles. The molecule has 2 aromatic heterocycles. The summed E-state index contributed by atoms with van der Waals surface area (Å²) in [5.41, 5.74) is 2.45. The summed E-state index contributed by atoms with van der Waals surface area (Å²) in [6, 6.07) is 17.1. The van der Waals surface area contributed by atoms with E-state index in [4.69, 9.17) is 4.74 Å². The fourth-order valence-corrected chi connectivity index (χ4v) is 3.64. The molecule has 2 heterocycles. The van der Waals surface area contributed by atoms with E-state index in [0.29, 0.717) is 17.2 Å². The molecule has 9 nitrogen and oxygen atoms in total. The van der Waals surface area contributed by atoms with E-state index in [1.165, 1.54) is 18.9 Å². The fourth-order valence-electron chi connectivity index (χ4n) is 2.88. The van der Waals surface area contributed by atoms with Crippen molar-refractivity contribution in [2.24, 2.45) is 0 Å². The molecule has 2 N–H and O–H groups in total. The molecule has 0 unspecified atom stereocenters. The number of aromatic amines is 1. The molecule has 0 aliphatic carbocycles. The number of hydrogen-bond acceptors (Lipinski definition) is 8. The van der Waals surface area contributed by atoms with Gasteiger partial charge in [-0.1, -0.05) is 54.2 Å². The van der Waals surface area contributed by atoms with Crippen LogP contribution in [0.2, 0.25) is 0 Å². The Morgan fingerprint density at radius 1 is 1.17 bits per heavy atom. The van der Waals surface area contributed by atoms with E-state index < -0.39 is 5.97 Å². The van der Waals surface area contributed by atoms with Gasteiger partial charge in [-0.25, -0.2) is 14.5 Å². The first-order chi connectivity index (χ1) is 14.7. The molecule has 0 aliphatic rings. The summed E-state index contributed by atoms with van der Waals surface area (Å²) in [6.45, 7) is 0.494. The van der Waals surface area contributed by atoms with E-state index in [2.05, 4.69) is 25.5 Å². The molecule has 0 radical (unpaired) electrons. The number of imidazole rings is 1. The summed E-state index contributed by atoms with van der Waals surface area (Å²) < 4.78 is 6.48. The van der Waals surface area contributed by atoms with Crippen molar-refractivity contribution in [1.29, 1.82) is 0 Å². The third kappa shape index (κ3) is 4.18. The average Bonchev–Trinajstić information content (AvgIpc) is 3.39. The second-order valence-corrected chi connectivity index (χ2v) is 7.25. The molecule has 2 aromatic carbocycles. The Kier molecular flexibility index (Phi) is 5.75. The highest BCUT2D eigenvalue weighted by Gasteiger charge is 2.22. The number of esters is 1. The molecule has 30 heavy (non-hydrogen) atoms. The maximum absolute atomic E-state index is 12.3. The van der Waals surface area contributed by atoms with Gasteiger partial charge in [-0.05, 0) is 28.1 Å². The number of nitrogens with zero attached hydrogens (tertiary/aromatic N) is 5. The fraction of sp³-hybridized carbons (Fsp3) is 0.150. The van der Waals surface area contributed by atoms with E-state index in [1.807, 2.05) is 54.6 Å². The number of aliphatic hydroxyl groups is 1. The van der Waals surface area contributed by atoms with E-state index >= 15 is 0 Å². The van der Waals surface area contributed by atoms with Crippen molar-refractivity contribution in [2.45, 2.75) is 11.7 Å². The first kappa shape index (κ1) is 19.6. The minimum absolute atomic E-state index is 0.0247. The first-order valence-corrected chi connectivity index (χ1v) is 10.0. The average molecular weight is 422 g/mol. The van der Waals surface area contributed by atoms with Crippen LogP contribution in [0, 0.1) is 0 Å². The summed E-state index contributed by atoms with van der Waals surface area (Å²) in [6.07, 6.45) is 0. The predicted molar refractivity (Wildman–Crippen MR) is 112 cm³/mol. The zero-order valence-electron chi connectivity index (χ0n) is 16.0. The van der Waals surface area contributed by atoms with Crippen LogP contribution in [0.1, 0.15) is 11.4 Å². The lowest BCUT2D eigenvalue weighted by molar-refractivity contribution is -0.133. The number of benzene rings is 2. The number of methoxy groups -OCH3 is 1. The number of carbonyl (C=O) groups excluding carboxylic acids is 1. The maximum atomic E-state index is 12.3. The van der Waals surface area contributed by atoms with Gasteiger partial charge in [0.05, 0.1) is 30.4 Å². The molecule has 0 spiro atoms. The molecular weight excluding hydrogens is 404 g/mol. The van der Waals surface area contributed by atoms with Gasteiger partial charge >= 0.3 is 5.97 Å². The van der Waals surface area contributed by atoms with Crippen molar-refractivity contribution >= 4 is 34.3 Å². The van der Waals surface area contributed by atoms with Crippen molar-refractivity contribution in [2.75, 3.05) is 12.9 Å². The van der Waals surface area contributed by atoms with Crippen LogP contribution in [0.4, 0.5) is 0 Å². The highest BCUT2D eigenvalue weighted by Crippen LogP contribution is 2.25. The Morgan fingerprint density at radius 3 is 2.70 bits per heavy atom. The normalized spacial score (nSPS) is 12.0. The van der Waals surface area contributed by atoms with Crippen LogP contribution in [0.5, 0.6) is 0 Å². The Balaban J connectivity index is 1.57. The van der Waals surface area contributed by atoms with Crippen molar-refractivity contribution in [3.63, 3.8) is 0 Å². The van der Waals surface area contributed by atoms with Gasteiger partial charge in [0, 0.05) is 0 Å². The number of thioether (sulfide) groups is 1. The first-order valence-electron chi connectivity index (χ1n) is 9.04. The number of H-pyrrole nitrogens is 1. The number of aromatic nitrogens is 6. The maximum Gasteiger partial charge on any atom is 0.345 e. The number of nitrogens with one attached hydrogen (secondary N) is 1. The van der Waals surface area contributed by atoms with E-state index in [-0.39, 0.29) is 22.9 Å². The zero-order valence-corrected chi connectivity index (χ0v) is 16.8. The van der Waals surface area contributed by atoms with E-state index in [1.54, 1.807) is 4.68 Å². The minimum Gasteiger partial charge on any atom is -0.510 e. The molecule has 0 atom stereocenters. The summed E-state index contributed by atoms with van der Waals surface area (Å²) in [7, 11) is 1.26. The molecule has 4 aromatic rings. The molecule has 0 aliphatic heterocycles. The Hall–Kier alpha value is -3.66. The van der Waals surface area contributed by atoms with E-state index in [0.717, 1.165) is 11.1 Å². The number of hydrogen-bond donors (Lipinski definition) is 2. The highest BCUT2D eigenvalue weighted by atomic mass is 32.2. The van der Waals surface area contributed by atoms with Crippen LogP contribution < -0.4 is 0 Å². The lowest BCUT2D eigenvalue weighted by Gasteiger charge is -2.07. The number of para-hydroxylation sites is 2. The second kappa shape index (κ2) is 8.78. The summed E-state index contributed by atoms with van der Waals surface area (Å²) in [5, 5.41) is 22.9. The van der Waals surface area contributed by atoms with Crippen molar-refractivity contribution in [3.8, 4) is 0 Å². The van der Waals surface area contributed by atoms with Gasteiger partial charge in [0.15, 0.2) is 0 Å². The SMILES string of the molecule is COC(=O)C(=C(O)CSc1nnnn1Cc1ccccc1)c1nc2ccccc2[nH]1. The number of fused-ring (bicyclic) bond motifs is 1. The quantitative estimate of drug-likeness (QED) is 0.202. The van der Waals surface area contributed by atoms with Gasteiger partial charge in [-0.3, -0.25) is 0 Å². The third-order valence-electron chi connectivity index (χ3n) is 4.32. The van der Waals surface area contributed by atoms with Gasteiger partial charge in [0.2, 0.25) is 5.16 Å². The van der Waals surface area contributed by atoms with Gasteiger partial charge in [-0.15, -0.1) is 5.10 Å². The number of carbonyl (C=O) groups is 1. The number of tetrazole rings is 1. The third-order valence-corrected chi connectivity index (χ3v) is 5.28. The van der Waals surface area contributed by atoms with Crippen LogP contribution in [-0.4, -0.2) is 54.1 Å². The van der Waals surface area contributed by atoms with Gasteiger partial charge < -0.3 is 14.8 Å². The van der Waals surface area contributed by atoms with Gasteiger partial charge in [-0.2, -0.15) is 0 Å². The predicted octanol–water partition coefficient (Wildman–Crippen LogP) is 2.83. The largest absolute Gasteiger partial charge is 0.510 e. The number of ether oxygens (including phenoxy) is 1. The standard InChI is InChI=1S/C20H18N6O3S/c1-29-19(28)17(18-21-14-9-5-6-10-15(14)22-18)16(27)12-30-20-23-24-25-26(20)11-13-7-3-2-4-8-13/h2-10,27H,11-12H2,1H3,(H,21,22). The van der Waals surface area contributed by atoms with Crippen molar-refractivity contribution in [3.05, 3.63) is 71.7 Å². The Labute approximate surface area is 175 Å². The van der Waals surface area contributed by atoms with Crippen LogP contribution in [0.15, 0.2) is 65.5 Å². The molecule has 152 valence electrons. The smallest absolute Gasteiger partial charge is 0.345 e. The molecule has 0 saturated heterocycles. The summed E-state index contributed by atoms with van der Waals surface area (Å²) in [5.74, 6) is -0.558. The van der Waals surface area contributed by atoms with E-state index in [9.17, 15) is 9.90 Å². The highest BCUT2D eigenvalue weighted by molar-refractivity contribution is 7.99. The molecular formula is C20H18N6O3S. The minimum atomic E-state index is -0.684. The summed E-state index contributed by atoms with van der Waals surface area (Å²) >= 11 is 1.21. The summed E-state index contributed by atoms with van der Waals surface area (Å²) in [4.78, 5) is 19.8. The van der Waals surface area contributed by atoms with Crippen LogP contribution in [0.3, 0.4) is 0 Å². The van der Waals surface area contributed by atoms with Crippen molar-refractivity contribution in [1.82, 2.24) is 30.2 Å². The molecule has 4 rings (SSSR count). The molecule has 0 fully saturated rings. The topological polar surface area (TPSA) is 119 Å². The van der Waals surface area contributed by atoms with Gasteiger partial charge in [0.1, 0.15) is 17.2 Å². The van der Waals surface area contributed by atoms with Gasteiger partial charge in [0.25, 0.3) is 0 Å². The zero-order chi connectivity index (χ0) is 20.9. The lowest BCUT2D eigenvalue weighted by Crippen LogP contribution is -2.10. The number of rotatable bonds is 7. The second-order valence-electron chi connectivity index (χ2n) is 6.31. The molecule has 0 amide bonds.